The topological polar surface area (TPSA) is 46.3 Å². The van der Waals surface area contributed by atoms with Crippen LogP contribution < -0.4 is 5.73 Å². The minimum absolute atomic E-state index is 0.0598. The molecule has 116 valence electrons. The minimum atomic E-state index is 0.0598. The highest BCUT2D eigenvalue weighted by atomic mass is 79.9. The maximum Gasteiger partial charge on any atom is 0.226 e. The molecule has 0 spiro atoms. The first-order valence-corrected chi connectivity index (χ1v) is 8.54. The van der Waals surface area contributed by atoms with Gasteiger partial charge in [-0.25, -0.2) is 0 Å². The van der Waals surface area contributed by atoms with Crippen molar-refractivity contribution in [2.45, 2.75) is 39.2 Å². The second kappa shape index (κ2) is 7.41. The zero-order chi connectivity index (χ0) is 15.4. The van der Waals surface area contributed by atoms with Gasteiger partial charge in [0.25, 0.3) is 0 Å². The first kappa shape index (κ1) is 16.5. The lowest BCUT2D eigenvalue weighted by atomic mass is 9.90. The van der Waals surface area contributed by atoms with E-state index >= 15 is 0 Å². The number of amides is 1. The van der Waals surface area contributed by atoms with E-state index in [1.54, 1.807) is 0 Å². The summed E-state index contributed by atoms with van der Waals surface area (Å²) in [6.45, 7) is 5.88. The first-order chi connectivity index (χ1) is 9.95. The second-order valence-electron chi connectivity index (χ2n) is 6.49. The molecule has 1 aliphatic heterocycles. The molecule has 0 saturated carbocycles. The highest BCUT2D eigenvalue weighted by molar-refractivity contribution is 9.10. The summed E-state index contributed by atoms with van der Waals surface area (Å²) in [5, 5.41) is 0. The van der Waals surface area contributed by atoms with Crippen LogP contribution in [0.2, 0.25) is 0 Å². The van der Waals surface area contributed by atoms with Gasteiger partial charge in [0.2, 0.25) is 5.91 Å². The van der Waals surface area contributed by atoms with Crippen molar-refractivity contribution in [3.05, 3.63) is 34.3 Å². The van der Waals surface area contributed by atoms with Gasteiger partial charge < -0.3 is 10.6 Å². The SMILES string of the molecule is CC(C)CC(Cc1cccc(Br)c1)C(=O)N1CC[C@@H](N)C1. The summed E-state index contributed by atoms with van der Waals surface area (Å²) in [4.78, 5) is 14.7. The van der Waals surface area contributed by atoms with E-state index in [0.717, 1.165) is 30.3 Å². The van der Waals surface area contributed by atoms with Gasteiger partial charge >= 0.3 is 0 Å². The average Bonchev–Trinajstić information content (AvgIpc) is 2.83. The predicted octanol–water partition coefficient (Wildman–Crippen LogP) is 3.21. The van der Waals surface area contributed by atoms with Crippen molar-refractivity contribution in [2.75, 3.05) is 13.1 Å². The molecule has 21 heavy (non-hydrogen) atoms. The number of benzene rings is 1. The molecule has 0 radical (unpaired) electrons. The fraction of sp³-hybridized carbons (Fsp3) is 0.588. The van der Waals surface area contributed by atoms with Crippen LogP contribution >= 0.6 is 15.9 Å². The average molecular weight is 353 g/mol. The van der Waals surface area contributed by atoms with E-state index < -0.39 is 0 Å². The largest absolute Gasteiger partial charge is 0.341 e. The standard InChI is InChI=1S/C17H25BrN2O/c1-12(2)8-14(9-13-4-3-5-15(18)10-13)17(21)20-7-6-16(19)11-20/h3-5,10,12,14,16H,6-9,11,19H2,1-2H3/t14?,16-/m1/s1. The molecule has 1 aromatic rings. The summed E-state index contributed by atoms with van der Waals surface area (Å²) in [7, 11) is 0. The Bertz CT molecular complexity index is 489. The fourth-order valence-corrected chi connectivity index (χ4v) is 3.48. The summed E-state index contributed by atoms with van der Waals surface area (Å²) in [6.07, 6.45) is 2.66. The summed E-state index contributed by atoms with van der Waals surface area (Å²) in [5.41, 5.74) is 7.15. The summed E-state index contributed by atoms with van der Waals surface area (Å²) < 4.78 is 1.07. The van der Waals surface area contributed by atoms with E-state index in [1.807, 2.05) is 17.0 Å². The Morgan fingerprint density at radius 2 is 2.24 bits per heavy atom. The predicted molar refractivity (Wildman–Crippen MR) is 90.0 cm³/mol. The van der Waals surface area contributed by atoms with E-state index in [9.17, 15) is 4.79 Å². The molecule has 2 N–H and O–H groups in total. The Balaban J connectivity index is 2.08. The van der Waals surface area contributed by atoms with Crippen molar-refractivity contribution >= 4 is 21.8 Å². The summed E-state index contributed by atoms with van der Waals surface area (Å²) in [5.74, 6) is 0.851. The molecule has 1 unspecified atom stereocenters. The number of hydrogen-bond donors (Lipinski definition) is 1. The molecule has 1 saturated heterocycles. The zero-order valence-electron chi connectivity index (χ0n) is 12.9. The van der Waals surface area contributed by atoms with Crippen LogP contribution in [0.15, 0.2) is 28.7 Å². The quantitative estimate of drug-likeness (QED) is 0.884. The van der Waals surface area contributed by atoms with Gasteiger partial charge in [-0.15, -0.1) is 0 Å². The first-order valence-electron chi connectivity index (χ1n) is 7.74. The number of halogens is 1. The van der Waals surface area contributed by atoms with Gasteiger partial charge in [0.15, 0.2) is 0 Å². The smallest absolute Gasteiger partial charge is 0.226 e. The normalized spacial score (nSPS) is 20.0. The van der Waals surface area contributed by atoms with E-state index in [2.05, 4.69) is 41.9 Å². The number of rotatable bonds is 5. The Hall–Kier alpha value is -0.870. The van der Waals surface area contributed by atoms with Gasteiger partial charge in [-0.2, -0.15) is 0 Å². The minimum Gasteiger partial charge on any atom is -0.341 e. The van der Waals surface area contributed by atoms with Crippen LogP contribution in [0.5, 0.6) is 0 Å². The molecule has 0 aromatic heterocycles. The maximum atomic E-state index is 12.8. The Labute approximate surface area is 136 Å². The van der Waals surface area contributed by atoms with Crippen molar-refractivity contribution < 1.29 is 4.79 Å². The van der Waals surface area contributed by atoms with Crippen LogP contribution in [0.1, 0.15) is 32.3 Å². The highest BCUT2D eigenvalue weighted by Crippen LogP contribution is 2.23. The van der Waals surface area contributed by atoms with Gasteiger partial charge in [0, 0.05) is 29.5 Å². The van der Waals surface area contributed by atoms with Crippen LogP contribution in [0, 0.1) is 11.8 Å². The molecule has 3 nitrogen and oxygen atoms in total. The molecule has 2 rings (SSSR count). The molecule has 1 aromatic carbocycles. The van der Waals surface area contributed by atoms with Gasteiger partial charge in [-0.05, 0) is 42.9 Å². The van der Waals surface area contributed by atoms with Gasteiger partial charge in [-0.1, -0.05) is 41.9 Å². The van der Waals surface area contributed by atoms with Crippen molar-refractivity contribution in [3.8, 4) is 0 Å². The van der Waals surface area contributed by atoms with Crippen LogP contribution in [0.25, 0.3) is 0 Å². The highest BCUT2D eigenvalue weighted by Gasteiger charge is 2.29. The number of nitrogens with zero attached hydrogens (tertiary/aromatic N) is 1. The molecule has 2 atom stereocenters. The monoisotopic (exact) mass is 352 g/mol. The van der Waals surface area contributed by atoms with Crippen LogP contribution in [-0.2, 0) is 11.2 Å². The van der Waals surface area contributed by atoms with E-state index in [1.165, 1.54) is 5.56 Å². The summed E-state index contributed by atoms with van der Waals surface area (Å²) >= 11 is 3.50. The van der Waals surface area contributed by atoms with Gasteiger partial charge in [0.1, 0.15) is 0 Å². The van der Waals surface area contributed by atoms with E-state index in [4.69, 9.17) is 5.73 Å². The molecular weight excluding hydrogens is 328 g/mol. The Morgan fingerprint density at radius 1 is 1.48 bits per heavy atom. The van der Waals surface area contributed by atoms with Gasteiger partial charge in [-0.3, -0.25) is 4.79 Å². The van der Waals surface area contributed by atoms with Crippen LogP contribution in [-0.4, -0.2) is 29.9 Å². The summed E-state index contributed by atoms with van der Waals surface area (Å²) in [6, 6.07) is 8.40. The molecule has 1 aliphatic rings. The molecule has 1 amide bonds. The molecule has 4 heteroatoms. The molecular formula is C17H25BrN2O. The second-order valence-corrected chi connectivity index (χ2v) is 7.41. The van der Waals surface area contributed by atoms with Crippen molar-refractivity contribution in [3.63, 3.8) is 0 Å². The lowest BCUT2D eigenvalue weighted by Crippen LogP contribution is -2.37. The van der Waals surface area contributed by atoms with Crippen molar-refractivity contribution in [1.29, 1.82) is 0 Å². The number of carbonyl (C=O) groups is 1. The number of hydrogen-bond acceptors (Lipinski definition) is 2. The van der Waals surface area contributed by atoms with Gasteiger partial charge in [0.05, 0.1) is 0 Å². The van der Waals surface area contributed by atoms with Crippen molar-refractivity contribution in [2.24, 2.45) is 17.6 Å². The zero-order valence-corrected chi connectivity index (χ0v) is 14.5. The number of carbonyl (C=O) groups excluding carboxylic acids is 1. The fourth-order valence-electron chi connectivity index (χ4n) is 3.03. The maximum absolute atomic E-state index is 12.8. The molecule has 1 heterocycles. The van der Waals surface area contributed by atoms with Crippen LogP contribution in [0.3, 0.4) is 0 Å². The third-order valence-corrected chi connectivity index (χ3v) is 4.51. The molecule has 0 bridgehead atoms. The third-order valence-electron chi connectivity index (χ3n) is 4.01. The number of likely N-dealkylation sites (tertiary alicyclic amines) is 1. The lowest BCUT2D eigenvalue weighted by molar-refractivity contribution is -0.135. The van der Waals surface area contributed by atoms with E-state index in [-0.39, 0.29) is 17.9 Å². The molecule has 0 aliphatic carbocycles. The number of nitrogens with two attached hydrogens (primary N) is 1. The Morgan fingerprint density at radius 3 is 2.81 bits per heavy atom. The van der Waals surface area contributed by atoms with E-state index in [0.29, 0.717) is 12.5 Å². The van der Waals surface area contributed by atoms with Crippen molar-refractivity contribution in [1.82, 2.24) is 4.90 Å². The Kier molecular flexibility index (Phi) is 5.82. The van der Waals surface area contributed by atoms with Crippen LogP contribution in [0.4, 0.5) is 0 Å². The molecule has 1 fully saturated rings. The lowest BCUT2D eigenvalue weighted by Gasteiger charge is -2.25. The third kappa shape index (κ3) is 4.82.